The van der Waals surface area contributed by atoms with Crippen molar-refractivity contribution in [3.05, 3.63) is 48.8 Å². The molecule has 1 amide bonds. The van der Waals surface area contributed by atoms with Crippen LogP contribution in [-0.2, 0) is 9.53 Å². The molecule has 0 atom stereocenters. The lowest BCUT2D eigenvalue weighted by molar-refractivity contribution is -0.108. The number of pyridine rings is 2. The predicted molar refractivity (Wildman–Crippen MR) is 138 cm³/mol. The van der Waals surface area contributed by atoms with Gasteiger partial charge in [0.2, 0.25) is 12.3 Å². The topological polar surface area (TPSA) is 67.8 Å². The first-order valence-corrected chi connectivity index (χ1v) is 12.8. The van der Waals surface area contributed by atoms with Crippen LogP contribution in [-0.4, -0.2) is 66.8 Å². The highest BCUT2D eigenvalue weighted by molar-refractivity contribution is 5.98. The van der Waals surface area contributed by atoms with Crippen molar-refractivity contribution in [1.29, 1.82) is 0 Å². The number of hydrogen-bond acceptors (Lipinski definition) is 6. The second kappa shape index (κ2) is 11.6. The first kappa shape index (κ1) is 23.7. The summed E-state index contributed by atoms with van der Waals surface area (Å²) in [5.74, 6) is 0.655. The molecular weight excluding hydrogens is 440 g/mol. The maximum Gasteiger partial charge on any atom is 0.214 e. The molecule has 2 aliphatic rings. The van der Waals surface area contributed by atoms with Crippen LogP contribution in [0.3, 0.4) is 0 Å². The van der Waals surface area contributed by atoms with Crippen molar-refractivity contribution >= 4 is 23.0 Å². The number of ether oxygens (including phenoxy) is 2. The molecular formula is C28H34N4O3. The average molecular weight is 475 g/mol. The lowest BCUT2D eigenvalue weighted by Gasteiger charge is -2.32. The van der Waals surface area contributed by atoms with E-state index in [4.69, 9.17) is 9.47 Å². The van der Waals surface area contributed by atoms with Gasteiger partial charge in [0.1, 0.15) is 0 Å². The molecule has 2 saturated heterocycles. The minimum atomic E-state index is 0.142. The van der Waals surface area contributed by atoms with Crippen molar-refractivity contribution in [2.24, 2.45) is 0 Å². The summed E-state index contributed by atoms with van der Waals surface area (Å²) in [5.41, 5.74) is 3.80. The molecule has 2 aromatic heterocycles. The van der Waals surface area contributed by atoms with Crippen molar-refractivity contribution < 1.29 is 14.3 Å². The van der Waals surface area contributed by atoms with Crippen LogP contribution in [0.5, 0.6) is 5.88 Å². The number of nitrogens with zero attached hydrogens (tertiary/aromatic N) is 4. The highest BCUT2D eigenvalue weighted by Gasteiger charge is 2.23. The average Bonchev–Trinajstić information content (AvgIpc) is 2.93. The summed E-state index contributed by atoms with van der Waals surface area (Å²) in [6.45, 7) is 5.58. The van der Waals surface area contributed by atoms with Gasteiger partial charge in [0.05, 0.1) is 17.8 Å². The monoisotopic (exact) mass is 474 g/mol. The SMILES string of the molecule is O=CN(c1ccnc2ccc(-c3ccc(OCCCN4CCCCC4)nc3)cc12)C1CCOCC1. The standard InChI is InChI=1S/C28H34N4O3/c33-21-32(24-10-17-34-18-11-24)27-9-12-29-26-7-5-22(19-25(26)27)23-6-8-28(30-20-23)35-16-4-15-31-13-2-1-3-14-31/h5-9,12,19-21,24H,1-4,10-11,13-18H2. The Kier molecular flexibility index (Phi) is 7.85. The van der Waals surface area contributed by atoms with Crippen LogP contribution in [0.15, 0.2) is 48.8 Å². The number of rotatable bonds is 9. The maximum absolute atomic E-state index is 12.1. The molecule has 0 saturated carbocycles. The molecule has 5 rings (SSSR count). The number of amides is 1. The molecule has 7 heteroatoms. The molecule has 3 aromatic rings. The largest absolute Gasteiger partial charge is 0.478 e. The fourth-order valence-electron chi connectivity index (χ4n) is 5.12. The van der Waals surface area contributed by atoms with Crippen molar-refractivity contribution in [3.63, 3.8) is 0 Å². The Hall–Kier alpha value is -3.03. The number of likely N-dealkylation sites (tertiary alicyclic amines) is 1. The van der Waals surface area contributed by atoms with Gasteiger partial charge in [-0.1, -0.05) is 12.5 Å². The molecule has 0 aliphatic carbocycles. The first-order valence-electron chi connectivity index (χ1n) is 12.8. The van der Waals surface area contributed by atoms with Gasteiger partial charge in [-0.25, -0.2) is 4.98 Å². The van der Waals surface area contributed by atoms with Gasteiger partial charge in [0, 0.05) is 55.2 Å². The first-order chi connectivity index (χ1) is 17.3. The predicted octanol–water partition coefficient (Wildman–Crippen LogP) is 4.69. The van der Waals surface area contributed by atoms with E-state index >= 15 is 0 Å². The summed E-state index contributed by atoms with van der Waals surface area (Å²) < 4.78 is 11.4. The number of fused-ring (bicyclic) bond motifs is 1. The van der Waals surface area contributed by atoms with Crippen LogP contribution in [0, 0.1) is 0 Å². The zero-order valence-corrected chi connectivity index (χ0v) is 20.3. The fraction of sp³-hybridized carbons (Fsp3) is 0.464. The van der Waals surface area contributed by atoms with Gasteiger partial charge in [-0.15, -0.1) is 0 Å². The van der Waals surface area contributed by atoms with Crippen LogP contribution >= 0.6 is 0 Å². The van der Waals surface area contributed by atoms with Crippen molar-refractivity contribution in [2.45, 2.75) is 44.6 Å². The van der Waals surface area contributed by atoms with E-state index in [0.29, 0.717) is 25.7 Å². The van der Waals surface area contributed by atoms with E-state index in [2.05, 4.69) is 27.0 Å². The molecule has 0 spiro atoms. The van der Waals surface area contributed by atoms with E-state index in [-0.39, 0.29) is 6.04 Å². The Bertz CT molecular complexity index is 1110. The Morgan fingerprint density at radius 1 is 1.03 bits per heavy atom. The van der Waals surface area contributed by atoms with Gasteiger partial charge < -0.3 is 19.3 Å². The summed E-state index contributed by atoms with van der Waals surface area (Å²) in [6, 6.07) is 12.2. The zero-order chi connectivity index (χ0) is 23.9. The Labute approximate surface area is 207 Å². The lowest BCUT2D eigenvalue weighted by Crippen LogP contribution is -2.38. The summed E-state index contributed by atoms with van der Waals surface area (Å²) in [6.07, 6.45) is 11.3. The Balaban J connectivity index is 1.27. The van der Waals surface area contributed by atoms with E-state index in [0.717, 1.165) is 59.9 Å². The third kappa shape index (κ3) is 5.80. The van der Waals surface area contributed by atoms with Crippen molar-refractivity contribution in [3.8, 4) is 17.0 Å². The molecule has 1 aromatic carbocycles. The third-order valence-electron chi connectivity index (χ3n) is 7.08. The zero-order valence-electron chi connectivity index (χ0n) is 20.3. The second-order valence-corrected chi connectivity index (χ2v) is 9.41. The van der Waals surface area contributed by atoms with Crippen LogP contribution < -0.4 is 9.64 Å². The molecule has 184 valence electrons. The smallest absolute Gasteiger partial charge is 0.214 e. The third-order valence-corrected chi connectivity index (χ3v) is 7.08. The van der Waals surface area contributed by atoms with E-state index in [1.165, 1.54) is 32.4 Å². The van der Waals surface area contributed by atoms with E-state index in [9.17, 15) is 4.79 Å². The number of carbonyl (C=O) groups excluding carboxylic acids is 1. The maximum atomic E-state index is 12.1. The Morgan fingerprint density at radius 3 is 2.63 bits per heavy atom. The minimum Gasteiger partial charge on any atom is -0.478 e. The number of carbonyl (C=O) groups is 1. The lowest BCUT2D eigenvalue weighted by atomic mass is 10.0. The van der Waals surface area contributed by atoms with Gasteiger partial charge in [-0.3, -0.25) is 9.78 Å². The van der Waals surface area contributed by atoms with Gasteiger partial charge >= 0.3 is 0 Å². The van der Waals surface area contributed by atoms with Crippen LogP contribution in [0.2, 0.25) is 0 Å². The van der Waals surface area contributed by atoms with Gasteiger partial charge in [0.15, 0.2) is 0 Å². The fourth-order valence-corrected chi connectivity index (χ4v) is 5.12. The number of anilines is 1. The van der Waals surface area contributed by atoms with Crippen LogP contribution in [0.1, 0.15) is 38.5 Å². The molecule has 0 N–H and O–H groups in total. The van der Waals surface area contributed by atoms with Crippen molar-refractivity contribution in [2.75, 3.05) is 44.4 Å². The Morgan fingerprint density at radius 2 is 1.86 bits per heavy atom. The summed E-state index contributed by atoms with van der Waals surface area (Å²) in [4.78, 5) is 25.5. The molecule has 35 heavy (non-hydrogen) atoms. The van der Waals surface area contributed by atoms with Crippen LogP contribution in [0.4, 0.5) is 5.69 Å². The number of piperidine rings is 1. The highest BCUT2D eigenvalue weighted by Crippen LogP contribution is 2.32. The normalized spacial score (nSPS) is 17.4. The summed E-state index contributed by atoms with van der Waals surface area (Å²) in [7, 11) is 0. The second-order valence-electron chi connectivity index (χ2n) is 9.41. The van der Waals surface area contributed by atoms with Gasteiger partial charge in [-0.05, 0) is 75.0 Å². The van der Waals surface area contributed by atoms with E-state index in [1.807, 2.05) is 35.4 Å². The molecule has 0 radical (unpaired) electrons. The van der Waals surface area contributed by atoms with E-state index in [1.54, 1.807) is 6.20 Å². The van der Waals surface area contributed by atoms with Gasteiger partial charge in [0.25, 0.3) is 0 Å². The highest BCUT2D eigenvalue weighted by atomic mass is 16.5. The minimum absolute atomic E-state index is 0.142. The molecule has 4 heterocycles. The summed E-state index contributed by atoms with van der Waals surface area (Å²) >= 11 is 0. The van der Waals surface area contributed by atoms with Crippen LogP contribution in [0.25, 0.3) is 22.0 Å². The number of hydrogen-bond donors (Lipinski definition) is 0. The molecule has 2 fully saturated rings. The molecule has 0 bridgehead atoms. The molecule has 7 nitrogen and oxygen atoms in total. The van der Waals surface area contributed by atoms with Gasteiger partial charge in [-0.2, -0.15) is 0 Å². The number of benzene rings is 1. The number of aromatic nitrogens is 2. The molecule has 0 unspecified atom stereocenters. The summed E-state index contributed by atoms with van der Waals surface area (Å²) in [5, 5.41) is 0.960. The van der Waals surface area contributed by atoms with Crippen molar-refractivity contribution in [1.82, 2.24) is 14.9 Å². The quantitative estimate of drug-likeness (QED) is 0.331. The van der Waals surface area contributed by atoms with E-state index < -0.39 is 0 Å². The molecule has 2 aliphatic heterocycles.